The van der Waals surface area contributed by atoms with E-state index in [0.717, 1.165) is 25.5 Å². The minimum atomic E-state index is -0.576. The molecule has 0 saturated carbocycles. The van der Waals surface area contributed by atoms with Crippen molar-refractivity contribution in [1.29, 1.82) is 0 Å². The number of carbonyl (C=O) groups is 1. The average molecular weight is 278 g/mol. The Morgan fingerprint density at radius 3 is 3.05 bits per heavy atom. The number of likely N-dealkylation sites (tertiary alicyclic amines) is 1. The van der Waals surface area contributed by atoms with Crippen LogP contribution in [0, 0.1) is 16.0 Å². The molecule has 7 nitrogen and oxygen atoms in total. The fourth-order valence-corrected chi connectivity index (χ4v) is 2.57. The molecule has 7 heteroatoms. The second-order valence-electron chi connectivity index (χ2n) is 5.08. The molecule has 0 spiro atoms. The number of anilines is 1. The van der Waals surface area contributed by atoms with E-state index in [2.05, 4.69) is 11.9 Å². The first-order valence-corrected chi connectivity index (χ1v) is 6.72. The van der Waals surface area contributed by atoms with Gasteiger partial charge in [0.25, 0.3) is 11.6 Å². The van der Waals surface area contributed by atoms with Gasteiger partial charge < -0.3 is 10.6 Å². The summed E-state index contributed by atoms with van der Waals surface area (Å²) in [6.07, 6.45) is 4.22. The third-order valence-electron chi connectivity index (χ3n) is 3.62. The van der Waals surface area contributed by atoms with E-state index in [1.54, 1.807) is 4.90 Å². The number of pyridine rings is 1. The van der Waals surface area contributed by atoms with Gasteiger partial charge >= 0.3 is 0 Å². The Kier molecular flexibility index (Phi) is 4.16. The quantitative estimate of drug-likeness (QED) is 0.668. The van der Waals surface area contributed by atoms with Crippen LogP contribution < -0.4 is 5.73 Å². The van der Waals surface area contributed by atoms with Gasteiger partial charge in [0, 0.05) is 19.2 Å². The molecule has 1 aromatic heterocycles. The minimum absolute atomic E-state index is 0.0412. The number of nitrogens with two attached hydrogens (primary N) is 1. The molecule has 1 atom stereocenters. The highest BCUT2D eigenvalue weighted by Gasteiger charge is 2.28. The van der Waals surface area contributed by atoms with Crippen molar-refractivity contribution in [3.05, 3.63) is 27.9 Å². The lowest BCUT2D eigenvalue weighted by atomic mass is 10.0. The molecule has 1 amide bonds. The summed E-state index contributed by atoms with van der Waals surface area (Å²) >= 11 is 0. The van der Waals surface area contributed by atoms with Crippen molar-refractivity contribution in [1.82, 2.24) is 9.88 Å². The maximum absolute atomic E-state index is 12.4. The molecule has 1 fully saturated rings. The molecule has 1 saturated heterocycles. The van der Waals surface area contributed by atoms with Gasteiger partial charge in [-0.3, -0.25) is 14.9 Å². The van der Waals surface area contributed by atoms with Crippen molar-refractivity contribution < 1.29 is 9.72 Å². The zero-order chi connectivity index (χ0) is 14.7. The summed E-state index contributed by atoms with van der Waals surface area (Å²) in [5.74, 6) is 0.286. The number of hydrogen-bond donors (Lipinski definition) is 1. The minimum Gasteiger partial charge on any atom is -0.383 e. The van der Waals surface area contributed by atoms with Crippen LogP contribution >= 0.6 is 0 Å². The fraction of sp³-hybridized carbons (Fsp3) is 0.538. The molecule has 108 valence electrons. The molecule has 1 aliphatic rings. The Labute approximate surface area is 116 Å². The van der Waals surface area contributed by atoms with Gasteiger partial charge in [0.2, 0.25) is 0 Å². The summed E-state index contributed by atoms with van der Waals surface area (Å²) < 4.78 is 0. The molecule has 20 heavy (non-hydrogen) atoms. The predicted molar refractivity (Wildman–Crippen MR) is 74.2 cm³/mol. The SMILES string of the molecule is CCCC1CCN(C(=O)c2cc([N+](=O)[O-])cnc2N)C1. The zero-order valence-electron chi connectivity index (χ0n) is 11.4. The molecule has 0 radical (unpaired) electrons. The Bertz CT molecular complexity index is 532. The zero-order valence-corrected chi connectivity index (χ0v) is 11.4. The number of nitro groups is 1. The van der Waals surface area contributed by atoms with Crippen LogP contribution in [0.25, 0.3) is 0 Å². The van der Waals surface area contributed by atoms with E-state index in [1.807, 2.05) is 0 Å². The second-order valence-corrected chi connectivity index (χ2v) is 5.08. The first kappa shape index (κ1) is 14.2. The van der Waals surface area contributed by atoms with Crippen LogP contribution in [0.2, 0.25) is 0 Å². The highest BCUT2D eigenvalue weighted by molar-refractivity contribution is 5.99. The largest absolute Gasteiger partial charge is 0.383 e. The maximum Gasteiger partial charge on any atom is 0.288 e. The Morgan fingerprint density at radius 1 is 1.65 bits per heavy atom. The maximum atomic E-state index is 12.4. The van der Waals surface area contributed by atoms with Crippen LogP contribution in [0.3, 0.4) is 0 Å². The number of rotatable bonds is 4. The standard InChI is InChI=1S/C13H18N4O3/c1-2-3-9-4-5-16(8-9)13(18)11-6-10(17(19)20)7-15-12(11)14/h6-7,9H,2-5,8H2,1H3,(H2,14,15). The van der Waals surface area contributed by atoms with Crippen molar-refractivity contribution >= 4 is 17.4 Å². The van der Waals surface area contributed by atoms with E-state index in [9.17, 15) is 14.9 Å². The van der Waals surface area contributed by atoms with Gasteiger partial charge in [0.05, 0.1) is 10.5 Å². The van der Waals surface area contributed by atoms with Gasteiger partial charge in [-0.2, -0.15) is 0 Å². The summed E-state index contributed by atoms with van der Waals surface area (Å²) in [6, 6.07) is 1.21. The van der Waals surface area contributed by atoms with E-state index < -0.39 is 4.92 Å². The van der Waals surface area contributed by atoms with Gasteiger partial charge in [-0.05, 0) is 18.8 Å². The molecule has 1 aliphatic heterocycles. The topological polar surface area (TPSA) is 102 Å². The Balaban J connectivity index is 2.17. The first-order chi connectivity index (χ1) is 9.52. The van der Waals surface area contributed by atoms with Crippen molar-refractivity contribution in [2.24, 2.45) is 5.92 Å². The highest BCUT2D eigenvalue weighted by Crippen LogP contribution is 2.25. The van der Waals surface area contributed by atoms with E-state index in [0.29, 0.717) is 19.0 Å². The number of amides is 1. The van der Waals surface area contributed by atoms with Crippen LogP contribution in [-0.2, 0) is 0 Å². The smallest absolute Gasteiger partial charge is 0.288 e. The summed E-state index contributed by atoms with van der Waals surface area (Å²) in [4.78, 5) is 28.0. The average Bonchev–Trinajstić information content (AvgIpc) is 2.87. The summed E-state index contributed by atoms with van der Waals surface area (Å²) in [7, 11) is 0. The number of carbonyl (C=O) groups excluding carboxylic acids is 1. The number of hydrogen-bond acceptors (Lipinski definition) is 5. The lowest BCUT2D eigenvalue weighted by molar-refractivity contribution is -0.385. The summed E-state index contributed by atoms with van der Waals surface area (Å²) in [6.45, 7) is 3.48. The van der Waals surface area contributed by atoms with Crippen molar-refractivity contribution in [2.75, 3.05) is 18.8 Å². The van der Waals surface area contributed by atoms with Crippen molar-refractivity contribution in [3.63, 3.8) is 0 Å². The second kappa shape index (κ2) is 5.85. The van der Waals surface area contributed by atoms with E-state index in [-0.39, 0.29) is 23.0 Å². The molecule has 0 aromatic carbocycles. The first-order valence-electron chi connectivity index (χ1n) is 6.72. The van der Waals surface area contributed by atoms with Crippen LogP contribution in [0.4, 0.5) is 11.5 Å². The van der Waals surface area contributed by atoms with Gasteiger partial charge in [-0.15, -0.1) is 0 Å². The molecule has 2 N–H and O–H groups in total. The number of nitrogen functional groups attached to an aromatic ring is 1. The number of nitrogens with zero attached hydrogens (tertiary/aromatic N) is 3. The van der Waals surface area contributed by atoms with Crippen LogP contribution in [0.5, 0.6) is 0 Å². The van der Waals surface area contributed by atoms with Crippen molar-refractivity contribution in [2.45, 2.75) is 26.2 Å². The summed E-state index contributed by atoms with van der Waals surface area (Å²) in [5, 5.41) is 10.7. The normalized spacial score (nSPS) is 18.2. The Hall–Kier alpha value is -2.18. The predicted octanol–water partition coefficient (Wildman–Crippen LogP) is 1.83. The van der Waals surface area contributed by atoms with Crippen molar-refractivity contribution in [3.8, 4) is 0 Å². The van der Waals surface area contributed by atoms with E-state index >= 15 is 0 Å². The lowest BCUT2D eigenvalue weighted by Crippen LogP contribution is -2.29. The number of aromatic nitrogens is 1. The van der Waals surface area contributed by atoms with Crippen LogP contribution in [0.1, 0.15) is 36.5 Å². The van der Waals surface area contributed by atoms with E-state index in [4.69, 9.17) is 5.73 Å². The summed E-state index contributed by atoms with van der Waals surface area (Å²) in [5.41, 5.74) is 5.58. The third-order valence-corrected chi connectivity index (χ3v) is 3.62. The van der Waals surface area contributed by atoms with Gasteiger partial charge in [-0.25, -0.2) is 4.98 Å². The van der Waals surface area contributed by atoms with Gasteiger partial charge in [-0.1, -0.05) is 13.3 Å². The molecule has 2 rings (SSSR count). The molecule has 1 aromatic rings. The molecule has 2 heterocycles. The molecule has 1 unspecified atom stereocenters. The monoisotopic (exact) mass is 278 g/mol. The lowest BCUT2D eigenvalue weighted by Gasteiger charge is -2.17. The Morgan fingerprint density at radius 2 is 2.40 bits per heavy atom. The molecular weight excluding hydrogens is 260 g/mol. The highest BCUT2D eigenvalue weighted by atomic mass is 16.6. The fourth-order valence-electron chi connectivity index (χ4n) is 2.57. The third kappa shape index (κ3) is 2.87. The molecular formula is C13H18N4O3. The van der Waals surface area contributed by atoms with Crippen LogP contribution in [-0.4, -0.2) is 33.8 Å². The molecule has 0 aliphatic carbocycles. The molecule has 0 bridgehead atoms. The van der Waals surface area contributed by atoms with Gasteiger partial charge in [0.15, 0.2) is 0 Å². The van der Waals surface area contributed by atoms with Crippen LogP contribution in [0.15, 0.2) is 12.3 Å². The van der Waals surface area contributed by atoms with E-state index in [1.165, 1.54) is 6.07 Å². The van der Waals surface area contributed by atoms with Gasteiger partial charge in [0.1, 0.15) is 12.0 Å².